The fourth-order valence-electron chi connectivity index (χ4n) is 4.02. The van der Waals surface area contributed by atoms with Gasteiger partial charge in [0.2, 0.25) is 10.0 Å². The van der Waals surface area contributed by atoms with Crippen molar-refractivity contribution in [2.75, 3.05) is 18.4 Å². The number of anilines is 1. The summed E-state index contributed by atoms with van der Waals surface area (Å²) in [6, 6.07) is 10.3. The Hall–Kier alpha value is -2.79. The molecule has 0 bridgehead atoms. The van der Waals surface area contributed by atoms with Crippen LogP contribution in [0.3, 0.4) is 0 Å². The van der Waals surface area contributed by atoms with E-state index in [2.05, 4.69) is 20.5 Å². The molecule has 5 rings (SSSR count). The average Bonchev–Trinajstić information content (AvgIpc) is 3.50. The SMILES string of the molecule is Cc1ccc(S(=O)(=O)N2CCC(c3nc(C(=O)Nc4ccc5cn[nH]c5c4)cs3)CC2)cc1Cl. The molecule has 0 radical (unpaired) electrons. The molecule has 34 heavy (non-hydrogen) atoms. The van der Waals surface area contributed by atoms with Crippen molar-refractivity contribution < 1.29 is 13.2 Å². The van der Waals surface area contributed by atoms with Crippen LogP contribution in [0.1, 0.15) is 39.8 Å². The van der Waals surface area contributed by atoms with Gasteiger partial charge in [0, 0.05) is 40.5 Å². The van der Waals surface area contributed by atoms with Crippen LogP contribution in [0.5, 0.6) is 0 Å². The van der Waals surface area contributed by atoms with E-state index in [4.69, 9.17) is 11.6 Å². The van der Waals surface area contributed by atoms with Gasteiger partial charge in [0.25, 0.3) is 5.91 Å². The van der Waals surface area contributed by atoms with Crippen molar-refractivity contribution in [2.45, 2.75) is 30.6 Å². The standard InChI is InChI=1S/C23H22ClN5O3S2/c1-14-2-5-18(11-19(14)24)34(31,32)29-8-6-15(7-9-29)23-27-21(13-33-23)22(30)26-17-4-3-16-12-25-28-20(16)10-17/h2-5,10-13,15H,6-9H2,1H3,(H,25,28)(H,26,30). The number of hydrogen-bond donors (Lipinski definition) is 2. The first-order valence-electron chi connectivity index (χ1n) is 10.8. The van der Waals surface area contributed by atoms with Gasteiger partial charge in [-0.15, -0.1) is 11.3 Å². The minimum Gasteiger partial charge on any atom is -0.321 e. The van der Waals surface area contributed by atoms with Crippen LogP contribution >= 0.6 is 22.9 Å². The molecule has 1 aliphatic heterocycles. The lowest BCUT2D eigenvalue weighted by atomic mass is 9.99. The largest absolute Gasteiger partial charge is 0.321 e. The second-order valence-corrected chi connectivity index (χ2v) is 11.5. The Kier molecular flexibility index (Phi) is 6.15. The third kappa shape index (κ3) is 4.46. The number of nitrogens with one attached hydrogen (secondary N) is 2. The Labute approximate surface area is 206 Å². The highest BCUT2D eigenvalue weighted by atomic mass is 35.5. The number of carbonyl (C=O) groups excluding carboxylic acids is 1. The smallest absolute Gasteiger partial charge is 0.275 e. The zero-order chi connectivity index (χ0) is 23.9. The molecule has 2 aromatic heterocycles. The Balaban J connectivity index is 1.23. The highest BCUT2D eigenvalue weighted by Gasteiger charge is 2.31. The molecule has 0 saturated carbocycles. The van der Waals surface area contributed by atoms with Gasteiger partial charge in [-0.3, -0.25) is 9.89 Å². The van der Waals surface area contributed by atoms with E-state index >= 15 is 0 Å². The van der Waals surface area contributed by atoms with E-state index in [-0.39, 0.29) is 16.7 Å². The summed E-state index contributed by atoms with van der Waals surface area (Å²) >= 11 is 7.57. The van der Waals surface area contributed by atoms with Crippen molar-refractivity contribution in [3.05, 3.63) is 69.3 Å². The van der Waals surface area contributed by atoms with E-state index in [0.29, 0.717) is 42.3 Å². The topological polar surface area (TPSA) is 108 Å². The number of aryl methyl sites for hydroxylation is 1. The van der Waals surface area contributed by atoms with Gasteiger partial charge in [-0.1, -0.05) is 17.7 Å². The normalized spacial score (nSPS) is 15.6. The van der Waals surface area contributed by atoms with Gasteiger partial charge in [-0.2, -0.15) is 9.40 Å². The Bertz CT molecular complexity index is 1470. The highest BCUT2D eigenvalue weighted by Crippen LogP contribution is 2.33. The Morgan fingerprint density at radius 1 is 1.21 bits per heavy atom. The highest BCUT2D eigenvalue weighted by molar-refractivity contribution is 7.89. The number of nitrogens with zero attached hydrogens (tertiary/aromatic N) is 3. The number of fused-ring (bicyclic) bond motifs is 1. The van der Waals surface area contributed by atoms with Crippen molar-refractivity contribution in [3.8, 4) is 0 Å². The number of rotatable bonds is 5. The van der Waals surface area contributed by atoms with Gasteiger partial charge < -0.3 is 5.32 Å². The number of aromatic nitrogens is 3. The molecule has 3 heterocycles. The second kappa shape index (κ2) is 9.10. The second-order valence-electron chi connectivity index (χ2n) is 8.29. The third-order valence-corrected chi connectivity index (χ3v) is 9.35. The molecule has 176 valence electrons. The van der Waals surface area contributed by atoms with Crippen molar-refractivity contribution in [3.63, 3.8) is 0 Å². The maximum atomic E-state index is 13.0. The molecule has 8 nitrogen and oxygen atoms in total. The van der Waals surface area contributed by atoms with E-state index < -0.39 is 10.0 Å². The van der Waals surface area contributed by atoms with Gasteiger partial charge in [-0.25, -0.2) is 13.4 Å². The van der Waals surface area contributed by atoms with Crippen LogP contribution in [0.25, 0.3) is 10.9 Å². The van der Waals surface area contributed by atoms with E-state index in [9.17, 15) is 13.2 Å². The number of thiazole rings is 1. The average molecular weight is 516 g/mol. The summed E-state index contributed by atoms with van der Waals surface area (Å²) in [7, 11) is -3.60. The molecule has 0 atom stereocenters. The molecule has 1 aliphatic rings. The molecule has 1 saturated heterocycles. The van der Waals surface area contributed by atoms with E-state index in [1.807, 2.05) is 25.1 Å². The van der Waals surface area contributed by atoms with Crippen LogP contribution < -0.4 is 5.32 Å². The molecule has 2 aromatic carbocycles. The predicted octanol–water partition coefficient (Wildman–Crippen LogP) is 4.80. The van der Waals surface area contributed by atoms with Crippen molar-refractivity contribution in [2.24, 2.45) is 0 Å². The molecule has 4 aromatic rings. The minimum absolute atomic E-state index is 0.112. The zero-order valence-corrected chi connectivity index (χ0v) is 20.7. The van der Waals surface area contributed by atoms with E-state index in [0.717, 1.165) is 21.5 Å². The van der Waals surface area contributed by atoms with Crippen LogP contribution in [-0.4, -0.2) is 46.9 Å². The molecule has 1 fully saturated rings. The number of hydrogen-bond acceptors (Lipinski definition) is 6. The van der Waals surface area contributed by atoms with Crippen molar-refractivity contribution in [1.29, 1.82) is 0 Å². The lowest BCUT2D eigenvalue weighted by Gasteiger charge is -2.30. The molecule has 0 unspecified atom stereocenters. The van der Waals surface area contributed by atoms with Gasteiger partial charge in [0.05, 0.1) is 21.6 Å². The van der Waals surface area contributed by atoms with Gasteiger partial charge in [0.1, 0.15) is 5.69 Å². The molecule has 0 aliphatic carbocycles. The summed E-state index contributed by atoms with van der Waals surface area (Å²) in [5.41, 5.74) is 2.69. The molecule has 1 amide bonds. The quantitative estimate of drug-likeness (QED) is 0.397. The summed E-state index contributed by atoms with van der Waals surface area (Å²) in [5, 5.41) is 13.7. The van der Waals surface area contributed by atoms with Crippen molar-refractivity contribution in [1.82, 2.24) is 19.5 Å². The van der Waals surface area contributed by atoms with Crippen molar-refractivity contribution >= 4 is 55.5 Å². The third-order valence-electron chi connectivity index (χ3n) is 6.04. The first-order valence-corrected chi connectivity index (χ1v) is 13.5. The number of carbonyl (C=O) groups is 1. The number of piperidine rings is 1. The first-order chi connectivity index (χ1) is 16.3. The lowest BCUT2D eigenvalue weighted by Crippen LogP contribution is -2.37. The number of aromatic amines is 1. The molecule has 11 heteroatoms. The molecular weight excluding hydrogens is 494 g/mol. The number of sulfonamides is 1. The zero-order valence-electron chi connectivity index (χ0n) is 18.3. The summed E-state index contributed by atoms with van der Waals surface area (Å²) < 4.78 is 27.5. The van der Waals surface area contributed by atoms with Gasteiger partial charge in [0.15, 0.2) is 0 Å². The molecule has 0 spiro atoms. The first kappa shape index (κ1) is 23.0. The van der Waals surface area contributed by atoms with Gasteiger partial charge in [-0.05, 0) is 55.7 Å². The van der Waals surface area contributed by atoms with Crippen LogP contribution in [-0.2, 0) is 10.0 Å². The molecular formula is C23H22ClN5O3S2. The monoisotopic (exact) mass is 515 g/mol. The summed E-state index contributed by atoms with van der Waals surface area (Å²) in [6.07, 6.45) is 3.01. The molecule has 2 N–H and O–H groups in total. The Morgan fingerprint density at radius 2 is 2.00 bits per heavy atom. The van der Waals surface area contributed by atoms with Crippen LogP contribution in [0, 0.1) is 6.92 Å². The van der Waals surface area contributed by atoms with Crippen LogP contribution in [0.15, 0.2) is 52.9 Å². The number of benzene rings is 2. The maximum absolute atomic E-state index is 13.0. The number of halogens is 1. The number of amides is 1. The summed E-state index contributed by atoms with van der Waals surface area (Å²) in [5.74, 6) is -0.168. The van der Waals surface area contributed by atoms with Gasteiger partial charge >= 0.3 is 0 Å². The number of H-pyrrole nitrogens is 1. The minimum atomic E-state index is -3.60. The van der Waals surface area contributed by atoms with Crippen LogP contribution in [0.4, 0.5) is 5.69 Å². The summed E-state index contributed by atoms with van der Waals surface area (Å²) in [6.45, 7) is 2.62. The predicted molar refractivity (Wildman–Crippen MR) is 133 cm³/mol. The van der Waals surface area contributed by atoms with Crippen LogP contribution in [0.2, 0.25) is 5.02 Å². The summed E-state index contributed by atoms with van der Waals surface area (Å²) in [4.78, 5) is 17.4. The van der Waals surface area contributed by atoms with E-state index in [1.165, 1.54) is 21.7 Å². The Morgan fingerprint density at radius 3 is 2.76 bits per heavy atom. The lowest BCUT2D eigenvalue weighted by molar-refractivity contribution is 0.102. The fourth-order valence-corrected chi connectivity index (χ4v) is 6.73. The maximum Gasteiger partial charge on any atom is 0.275 e. The van der Waals surface area contributed by atoms with E-state index in [1.54, 1.807) is 23.7 Å². The fraction of sp³-hybridized carbons (Fsp3) is 0.261.